The second-order valence-corrected chi connectivity index (χ2v) is 8.80. The molecule has 0 aromatic heterocycles. The van der Waals surface area contributed by atoms with Crippen molar-refractivity contribution in [2.75, 3.05) is 5.32 Å². The van der Waals surface area contributed by atoms with Gasteiger partial charge in [0.1, 0.15) is 5.75 Å². The number of rotatable bonds is 7. The zero-order valence-corrected chi connectivity index (χ0v) is 18.5. The van der Waals surface area contributed by atoms with Crippen LogP contribution in [-0.2, 0) is 16.6 Å². The predicted molar refractivity (Wildman–Crippen MR) is 117 cm³/mol. The molecule has 27 heavy (non-hydrogen) atoms. The number of aryl methyl sites for hydroxylation is 1. The monoisotopic (exact) mass is 431 g/mol. The molecule has 0 heterocycles. The van der Waals surface area contributed by atoms with Gasteiger partial charge in [0.25, 0.3) is 5.91 Å². The first-order valence-corrected chi connectivity index (χ1v) is 10.4. The molecule has 2 aromatic carbocycles. The number of carbonyl (C=O) groups excluding carboxylic acids is 1. The molecule has 4 heteroatoms. The lowest BCUT2D eigenvalue weighted by molar-refractivity contribution is -0.122. The lowest BCUT2D eigenvalue weighted by Crippen LogP contribution is -2.30. The lowest BCUT2D eigenvalue weighted by Gasteiger charge is -2.20. The highest BCUT2D eigenvalue weighted by Crippen LogP contribution is 2.26. The minimum absolute atomic E-state index is 0.0943. The third kappa shape index (κ3) is 6.39. The number of nitrogens with one attached hydrogen (secondary N) is 1. The summed E-state index contributed by atoms with van der Waals surface area (Å²) in [5.74, 6) is 0.525. The number of amides is 1. The largest absolute Gasteiger partial charge is 0.481 e. The van der Waals surface area contributed by atoms with Gasteiger partial charge < -0.3 is 10.1 Å². The summed E-state index contributed by atoms with van der Waals surface area (Å²) in [6.07, 6.45) is 2.80. The number of anilines is 1. The fraction of sp³-hybridized carbons (Fsp3) is 0.435. The number of halogens is 1. The van der Waals surface area contributed by atoms with Crippen molar-refractivity contribution in [2.45, 2.75) is 65.4 Å². The van der Waals surface area contributed by atoms with Crippen LogP contribution < -0.4 is 10.1 Å². The van der Waals surface area contributed by atoms with Crippen LogP contribution in [0.1, 0.15) is 58.6 Å². The topological polar surface area (TPSA) is 38.3 Å². The molecule has 0 aliphatic rings. The van der Waals surface area contributed by atoms with E-state index in [-0.39, 0.29) is 11.3 Å². The van der Waals surface area contributed by atoms with E-state index in [2.05, 4.69) is 61.1 Å². The van der Waals surface area contributed by atoms with Crippen LogP contribution in [0.2, 0.25) is 0 Å². The van der Waals surface area contributed by atoms with Gasteiger partial charge in [-0.2, -0.15) is 0 Å². The molecule has 0 radical (unpaired) electrons. The van der Waals surface area contributed by atoms with E-state index in [1.807, 2.05) is 30.3 Å². The Balaban J connectivity index is 1.97. The number of ether oxygens (including phenoxy) is 1. The summed E-state index contributed by atoms with van der Waals surface area (Å²) >= 11 is 3.55. The first kappa shape index (κ1) is 21.5. The summed E-state index contributed by atoms with van der Waals surface area (Å²) in [6, 6.07) is 14.0. The Morgan fingerprint density at radius 3 is 2.37 bits per heavy atom. The van der Waals surface area contributed by atoms with Crippen LogP contribution in [0, 0.1) is 0 Å². The van der Waals surface area contributed by atoms with Crippen molar-refractivity contribution in [1.29, 1.82) is 0 Å². The maximum absolute atomic E-state index is 12.5. The fourth-order valence-electron chi connectivity index (χ4n) is 2.72. The van der Waals surface area contributed by atoms with Gasteiger partial charge in [-0.3, -0.25) is 4.79 Å². The van der Waals surface area contributed by atoms with Crippen LogP contribution >= 0.6 is 15.9 Å². The molecule has 0 saturated carbocycles. The standard InChI is InChI=1S/C23H30BrNO2/c1-6-7-8-17-9-14-21(20(24)15-17)25-22(26)16(2)27-19-12-10-18(11-13-19)23(3,4)5/h9-16H,6-8H2,1-5H3,(H,25,26). The number of carbonyl (C=O) groups is 1. The van der Waals surface area contributed by atoms with E-state index in [1.165, 1.54) is 17.5 Å². The molecule has 0 aliphatic heterocycles. The maximum atomic E-state index is 12.5. The molecule has 0 aliphatic carbocycles. The van der Waals surface area contributed by atoms with E-state index in [0.29, 0.717) is 5.75 Å². The van der Waals surface area contributed by atoms with E-state index in [9.17, 15) is 4.79 Å². The summed E-state index contributed by atoms with van der Waals surface area (Å²) in [5.41, 5.74) is 3.36. The third-order valence-electron chi connectivity index (χ3n) is 4.51. The summed E-state index contributed by atoms with van der Waals surface area (Å²) in [7, 11) is 0. The molecule has 2 aromatic rings. The Morgan fingerprint density at radius 1 is 1.15 bits per heavy atom. The van der Waals surface area contributed by atoms with Crippen LogP contribution in [0.15, 0.2) is 46.9 Å². The molecular formula is C23H30BrNO2. The van der Waals surface area contributed by atoms with Gasteiger partial charge in [-0.1, -0.05) is 52.3 Å². The molecule has 146 valence electrons. The van der Waals surface area contributed by atoms with Crippen LogP contribution in [0.25, 0.3) is 0 Å². The second kappa shape index (κ2) is 9.41. The first-order chi connectivity index (χ1) is 12.7. The number of hydrogen-bond acceptors (Lipinski definition) is 2. The molecule has 0 fully saturated rings. The van der Waals surface area contributed by atoms with Gasteiger partial charge in [-0.15, -0.1) is 0 Å². The lowest BCUT2D eigenvalue weighted by atomic mass is 9.87. The van der Waals surface area contributed by atoms with Gasteiger partial charge in [0, 0.05) is 4.47 Å². The van der Waals surface area contributed by atoms with Gasteiger partial charge in [0.05, 0.1) is 5.69 Å². The van der Waals surface area contributed by atoms with E-state index >= 15 is 0 Å². The van der Waals surface area contributed by atoms with Gasteiger partial charge in [0.15, 0.2) is 6.10 Å². The van der Waals surface area contributed by atoms with Crippen LogP contribution in [0.4, 0.5) is 5.69 Å². The number of unbranched alkanes of at least 4 members (excludes halogenated alkanes) is 1. The van der Waals surface area contributed by atoms with Gasteiger partial charge >= 0.3 is 0 Å². The molecule has 2 rings (SSSR count). The molecule has 1 atom stereocenters. The van der Waals surface area contributed by atoms with E-state index in [1.54, 1.807) is 6.92 Å². The van der Waals surface area contributed by atoms with Crippen molar-refractivity contribution in [1.82, 2.24) is 0 Å². The van der Waals surface area contributed by atoms with Gasteiger partial charge in [-0.25, -0.2) is 0 Å². The second-order valence-electron chi connectivity index (χ2n) is 7.94. The minimum Gasteiger partial charge on any atom is -0.481 e. The summed E-state index contributed by atoms with van der Waals surface area (Å²) in [6.45, 7) is 10.5. The molecule has 1 amide bonds. The zero-order chi connectivity index (χ0) is 20.0. The highest BCUT2D eigenvalue weighted by atomic mass is 79.9. The molecule has 0 spiro atoms. The van der Waals surface area contributed by atoms with Crippen LogP contribution in [0.3, 0.4) is 0 Å². The van der Waals surface area contributed by atoms with Crippen molar-refractivity contribution in [3.8, 4) is 5.75 Å². The average molecular weight is 432 g/mol. The summed E-state index contributed by atoms with van der Waals surface area (Å²) in [5, 5.41) is 2.94. The molecule has 0 bridgehead atoms. The predicted octanol–water partition coefficient (Wildman–Crippen LogP) is 6.50. The highest BCUT2D eigenvalue weighted by Gasteiger charge is 2.17. The molecular weight excluding hydrogens is 402 g/mol. The van der Waals surface area contributed by atoms with Crippen molar-refractivity contribution < 1.29 is 9.53 Å². The van der Waals surface area contributed by atoms with Crippen molar-refractivity contribution in [3.05, 3.63) is 58.1 Å². The van der Waals surface area contributed by atoms with Crippen LogP contribution in [-0.4, -0.2) is 12.0 Å². The van der Waals surface area contributed by atoms with E-state index in [0.717, 1.165) is 23.0 Å². The highest BCUT2D eigenvalue weighted by molar-refractivity contribution is 9.10. The van der Waals surface area contributed by atoms with Gasteiger partial charge in [-0.05, 0) is 76.5 Å². The Bertz CT molecular complexity index is 763. The van der Waals surface area contributed by atoms with Crippen molar-refractivity contribution >= 4 is 27.5 Å². The zero-order valence-electron chi connectivity index (χ0n) is 16.9. The number of hydrogen-bond donors (Lipinski definition) is 1. The van der Waals surface area contributed by atoms with Crippen molar-refractivity contribution in [2.24, 2.45) is 0 Å². The molecule has 3 nitrogen and oxygen atoms in total. The molecule has 1 unspecified atom stereocenters. The Morgan fingerprint density at radius 2 is 1.81 bits per heavy atom. The Kier molecular flexibility index (Phi) is 7.49. The molecule has 0 saturated heterocycles. The average Bonchev–Trinajstić information content (AvgIpc) is 2.61. The van der Waals surface area contributed by atoms with Gasteiger partial charge in [0.2, 0.25) is 0 Å². The number of benzene rings is 2. The minimum atomic E-state index is -0.586. The summed E-state index contributed by atoms with van der Waals surface area (Å²) in [4.78, 5) is 12.5. The van der Waals surface area contributed by atoms with Crippen molar-refractivity contribution in [3.63, 3.8) is 0 Å². The SMILES string of the molecule is CCCCc1ccc(NC(=O)C(C)Oc2ccc(C(C)(C)C)cc2)c(Br)c1. The molecule has 1 N–H and O–H groups in total. The fourth-order valence-corrected chi connectivity index (χ4v) is 3.25. The quantitative estimate of drug-likeness (QED) is 0.543. The van der Waals surface area contributed by atoms with E-state index in [4.69, 9.17) is 4.74 Å². The third-order valence-corrected chi connectivity index (χ3v) is 5.17. The van der Waals surface area contributed by atoms with Crippen LogP contribution in [0.5, 0.6) is 5.75 Å². The normalized spacial score (nSPS) is 12.5. The maximum Gasteiger partial charge on any atom is 0.265 e. The smallest absolute Gasteiger partial charge is 0.265 e. The Labute approximate surface area is 171 Å². The first-order valence-electron chi connectivity index (χ1n) is 9.57. The summed E-state index contributed by atoms with van der Waals surface area (Å²) < 4.78 is 6.70. The Hall–Kier alpha value is -1.81. The van der Waals surface area contributed by atoms with E-state index < -0.39 is 6.10 Å².